The van der Waals surface area contributed by atoms with Gasteiger partial charge in [-0.2, -0.15) is 0 Å². The minimum absolute atomic E-state index is 0.279. The van der Waals surface area contributed by atoms with Gasteiger partial charge in [-0.3, -0.25) is 4.99 Å². The number of nitrogens with zero attached hydrogens (tertiary/aromatic N) is 2. The second kappa shape index (κ2) is 5.46. The molecule has 0 bridgehead atoms. The molecule has 2 aromatic rings. The molecule has 0 saturated heterocycles. The lowest BCUT2D eigenvalue weighted by atomic mass is 10.2. The molecule has 1 aromatic heterocycles. The number of likely N-dealkylation sites (N-methyl/N-ethyl adjacent to an activating group) is 1. The molecule has 0 amide bonds. The Morgan fingerprint density at radius 2 is 2.15 bits per heavy atom. The summed E-state index contributed by atoms with van der Waals surface area (Å²) in [4.78, 5) is 4.38. The molecule has 1 N–H and O–H groups in total. The number of aromatic nitrogens is 1. The monoisotopic (exact) mass is 313 g/mol. The summed E-state index contributed by atoms with van der Waals surface area (Å²) in [7, 11) is 0.134. The fraction of sp³-hybridized carbons (Fsp3) is 0.308. The lowest BCUT2D eigenvalue weighted by Gasteiger charge is -2.08. The third-order valence-corrected chi connectivity index (χ3v) is 4.52. The molecule has 0 spiro atoms. The largest absolute Gasteiger partial charge is 0.375 e. The first kappa shape index (κ1) is 14.9. The van der Waals surface area contributed by atoms with E-state index in [1.165, 1.54) is 6.26 Å². The van der Waals surface area contributed by atoms with Gasteiger partial charge in [0.05, 0.1) is 22.0 Å². The number of aliphatic imine (C=N–C) groups is 1. The number of benzene rings is 1. The molecule has 1 aromatic carbocycles. The van der Waals surface area contributed by atoms with Gasteiger partial charge in [0.15, 0.2) is 9.84 Å². The SMILES string of the molecule is CN=C(Cn1cc(S(C)(=O)=O)c2cccc(Cl)c21)NC. The first-order chi connectivity index (χ1) is 9.38. The fourth-order valence-electron chi connectivity index (χ4n) is 2.12. The quantitative estimate of drug-likeness (QED) is 0.696. The summed E-state index contributed by atoms with van der Waals surface area (Å²) in [5.41, 5.74) is 0.700. The van der Waals surface area contributed by atoms with Crippen molar-refractivity contribution in [2.45, 2.75) is 11.4 Å². The number of para-hydroxylation sites is 1. The summed E-state index contributed by atoms with van der Waals surface area (Å²) in [6.45, 7) is 0.433. The van der Waals surface area contributed by atoms with Crippen LogP contribution in [-0.4, -0.2) is 39.2 Å². The Hall–Kier alpha value is -1.53. The maximum Gasteiger partial charge on any atom is 0.177 e. The van der Waals surface area contributed by atoms with Gasteiger partial charge in [-0.05, 0) is 6.07 Å². The highest BCUT2D eigenvalue weighted by molar-refractivity contribution is 7.91. The molecule has 0 aliphatic carbocycles. The highest BCUT2D eigenvalue weighted by Gasteiger charge is 2.18. The van der Waals surface area contributed by atoms with Crippen molar-refractivity contribution in [2.24, 2.45) is 4.99 Å². The van der Waals surface area contributed by atoms with Gasteiger partial charge in [-0.1, -0.05) is 23.7 Å². The topological polar surface area (TPSA) is 63.5 Å². The van der Waals surface area contributed by atoms with Crippen LogP contribution in [0.3, 0.4) is 0 Å². The molecule has 0 saturated carbocycles. The van der Waals surface area contributed by atoms with Gasteiger partial charge in [-0.15, -0.1) is 0 Å². The summed E-state index contributed by atoms with van der Waals surface area (Å²) in [6.07, 6.45) is 2.80. The van der Waals surface area contributed by atoms with Crippen LogP contribution in [0.25, 0.3) is 10.9 Å². The molecule has 0 unspecified atom stereocenters. The molecule has 0 aliphatic rings. The average Bonchev–Trinajstić information content (AvgIpc) is 2.76. The number of sulfone groups is 1. The molecule has 20 heavy (non-hydrogen) atoms. The van der Waals surface area contributed by atoms with E-state index in [2.05, 4.69) is 10.3 Å². The van der Waals surface area contributed by atoms with Crippen molar-refractivity contribution < 1.29 is 8.42 Å². The van der Waals surface area contributed by atoms with Crippen molar-refractivity contribution in [2.75, 3.05) is 20.4 Å². The van der Waals surface area contributed by atoms with E-state index in [9.17, 15) is 8.42 Å². The zero-order valence-electron chi connectivity index (χ0n) is 11.5. The van der Waals surface area contributed by atoms with E-state index >= 15 is 0 Å². The highest BCUT2D eigenvalue weighted by Crippen LogP contribution is 2.30. The number of fused-ring (bicyclic) bond motifs is 1. The van der Waals surface area contributed by atoms with Crippen LogP contribution in [0.2, 0.25) is 5.02 Å². The third-order valence-electron chi connectivity index (χ3n) is 3.09. The Kier molecular flexibility index (Phi) is 4.06. The number of amidine groups is 1. The lowest BCUT2D eigenvalue weighted by Crippen LogP contribution is -2.23. The van der Waals surface area contributed by atoms with Crippen LogP contribution in [0.1, 0.15) is 0 Å². The second-order valence-corrected chi connectivity index (χ2v) is 6.84. The first-order valence-electron chi connectivity index (χ1n) is 5.99. The number of hydrogen-bond donors (Lipinski definition) is 1. The molecule has 0 fully saturated rings. The normalized spacial score (nSPS) is 12.9. The van der Waals surface area contributed by atoms with E-state index in [4.69, 9.17) is 11.6 Å². The van der Waals surface area contributed by atoms with Gasteiger partial charge in [-0.25, -0.2) is 8.42 Å². The Morgan fingerprint density at radius 3 is 2.70 bits per heavy atom. The Balaban J connectivity index is 2.73. The summed E-state index contributed by atoms with van der Waals surface area (Å²) in [5.74, 6) is 0.738. The van der Waals surface area contributed by atoms with Crippen molar-refractivity contribution in [3.63, 3.8) is 0 Å². The molecule has 0 radical (unpaired) electrons. The lowest BCUT2D eigenvalue weighted by molar-refractivity contribution is 0.602. The van der Waals surface area contributed by atoms with Crippen LogP contribution in [0.5, 0.6) is 0 Å². The van der Waals surface area contributed by atoms with Crippen molar-refractivity contribution in [3.8, 4) is 0 Å². The van der Waals surface area contributed by atoms with Crippen LogP contribution in [0, 0.1) is 0 Å². The maximum atomic E-state index is 11.9. The minimum atomic E-state index is -3.31. The molecule has 7 heteroatoms. The average molecular weight is 314 g/mol. The van der Waals surface area contributed by atoms with Gasteiger partial charge < -0.3 is 9.88 Å². The maximum absolute atomic E-state index is 11.9. The zero-order valence-corrected chi connectivity index (χ0v) is 13.1. The molecular weight excluding hydrogens is 298 g/mol. The van der Waals surface area contributed by atoms with Crippen molar-refractivity contribution in [1.29, 1.82) is 0 Å². The molecule has 2 rings (SSSR count). The van der Waals surface area contributed by atoms with E-state index < -0.39 is 9.84 Å². The van der Waals surface area contributed by atoms with Gasteiger partial charge in [0.25, 0.3) is 0 Å². The Bertz CT molecular complexity index is 778. The molecule has 0 atom stereocenters. The number of hydrogen-bond acceptors (Lipinski definition) is 3. The van der Waals surface area contributed by atoms with Crippen molar-refractivity contribution >= 4 is 38.2 Å². The van der Waals surface area contributed by atoms with Crippen LogP contribution >= 0.6 is 11.6 Å². The van der Waals surface area contributed by atoms with E-state index in [1.807, 2.05) is 0 Å². The van der Waals surface area contributed by atoms with Crippen molar-refractivity contribution in [3.05, 3.63) is 29.4 Å². The minimum Gasteiger partial charge on any atom is -0.375 e. The van der Waals surface area contributed by atoms with E-state index in [0.29, 0.717) is 22.5 Å². The predicted molar refractivity (Wildman–Crippen MR) is 82.5 cm³/mol. The van der Waals surface area contributed by atoms with E-state index in [0.717, 1.165) is 5.84 Å². The summed E-state index contributed by atoms with van der Waals surface area (Å²) in [5, 5.41) is 4.12. The summed E-state index contributed by atoms with van der Waals surface area (Å²) in [6, 6.07) is 5.25. The Labute approximate surface area is 123 Å². The standard InChI is InChI=1S/C13H16ClN3O2S/c1-15-12(16-2)8-17-7-11(20(3,18)19)9-5-4-6-10(14)13(9)17/h4-7H,8H2,1-3H3,(H,15,16). The number of halogens is 1. The molecule has 5 nitrogen and oxygen atoms in total. The number of nitrogens with one attached hydrogen (secondary N) is 1. The van der Waals surface area contributed by atoms with Crippen LogP contribution < -0.4 is 5.32 Å². The summed E-state index contributed by atoms with van der Waals surface area (Å²) < 4.78 is 25.6. The smallest absolute Gasteiger partial charge is 0.177 e. The molecular formula is C13H16ClN3O2S. The summed E-state index contributed by atoms with van der Waals surface area (Å²) >= 11 is 6.22. The third kappa shape index (κ3) is 2.66. The van der Waals surface area contributed by atoms with Gasteiger partial charge in [0.2, 0.25) is 0 Å². The first-order valence-corrected chi connectivity index (χ1v) is 8.26. The molecule has 108 valence electrons. The van der Waals surface area contributed by atoms with E-state index in [-0.39, 0.29) is 4.90 Å². The van der Waals surface area contributed by atoms with E-state index in [1.54, 1.807) is 43.1 Å². The zero-order chi connectivity index (χ0) is 14.9. The van der Waals surface area contributed by atoms with Gasteiger partial charge >= 0.3 is 0 Å². The molecule has 0 aliphatic heterocycles. The number of rotatable bonds is 3. The second-order valence-electron chi connectivity index (χ2n) is 4.45. The van der Waals surface area contributed by atoms with Crippen LogP contribution in [0.15, 0.2) is 34.3 Å². The predicted octanol–water partition coefficient (Wildman–Crippen LogP) is 1.95. The van der Waals surface area contributed by atoms with Crippen molar-refractivity contribution in [1.82, 2.24) is 9.88 Å². The van der Waals surface area contributed by atoms with Gasteiger partial charge in [0.1, 0.15) is 5.84 Å². The molecule has 1 heterocycles. The Morgan fingerprint density at radius 1 is 1.45 bits per heavy atom. The van der Waals surface area contributed by atoms with Gasteiger partial charge in [0, 0.05) is 31.9 Å². The fourth-order valence-corrected chi connectivity index (χ4v) is 3.29. The van der Waals surface area contributed by atoms with Crippen LogP contribution in [0.4, 0.5) is 0 Å². The highest BCUT2D eigenvalue weighted by atomic mass is 35.5. The van der Waals surface area contributed by atoms with Crippen LogP contribution in [-0.2, 0) is 16.4 Å².